The van der Waals surface area contributed by atoms with Crippen LogP contribution in [0.15, 0.2) is 18.2 Å². The van der Waals surface area contributed by atoms with E-state index >= 15 is 0 Å². The molecule has 3 rings (SSSR count). The lowest BCUT2D eigenvalue weighted by Gasteiger charge is -2.18. The molecule has 0 radical (unpaired) electrons. The van der Waals surface area contributed by atoms with Crippen LogP contribution in [0.25, 0.3) is 0 Å². The van der Waals surface area contributed by atoms with Crippen LogP contribution >= 0.6 is 0 Å². The van der Waals surface area contributed by atoms with Gasteiger partial charge < -0.3 is 24.7 Å². The van der Waals surface area contributed by atoms with Crippen molar-refractivity contribution in [1.29, 1.82) is 0 Å². The molecule has 1 aromatic rings. The zero-order valence-corrected chi connectivity index (χ0v) is 10.1. The molecule has 2 N–H and O–H groups in total. The van der Waals surface area contributed by atoms with Crippen LogP contribution < -0.4 is 19.9 Å². The second kappa shape index (κ2) is 5.04. The van der Waals surface area contributed by atoms with Gasteiger partial charge in [0.1, 0.15) is 12.4 Å². The minimum absolute atomic E-state index is 0.0120. The third kappa shape index (κ3) is 2.37. The average molecular weight is 251 g/mol. The maximum absolute atomic E-state index is 6.08. The molecule has 2 heterocycles. The van der Waals surface area contributed by atoms with Gasteiger partial charge in [-0.3, -0.25) is 0 Å². The molecule has 5 heteroatoms. The van der Waals surface area contributed by atoms with Gasteiger partial charge in [-0.15, -0.1) is 0 Å². The summed E-state index contributed by atoms with van der Waals surface area (Å²) in [6.45, 7) is 2.32. The van der Waals surface area contributed by atoms with Crippen molar-refractivity contribution in [2.45, 2.75) is 12.5 Å². The van der Waals surface area contributed by atoms with Gasteiger partial charge >= 0.3 is 0 Å². The molecule has 0 aliphatic carbocycles. The highest BCUT2D eigenvalue weighted by molar-refractivity contribution is 5.46. The predicted molar refractivity (Wildman–Crippen MR) is 65.0 cm³/mol. The summed E-state index contributed by atoms with van der Waals surface area (Å²) in [5.41, 5.74) is 6.08. The van der Waals surface area contributed by atoms with Gasteiger partial charge in [0.15, 0.2) is 11.5 Å². The summed E-state index contributed by atoms with van der Waals surface area (Å²) in [6.07, 6.45) is 1.02. The van der Waals surface area contributed by atoms with E-state index in [2.05, 4.69) is 0 Å². The third-order valence-corrected chi connectivity index (χ3v) is 3.36. The number of ether oxygens (including phenoxy) is 4. The smallest absolute Gasteiger partial charge is 0.231 e. The van der Waals surface area contributed by atoms with Gasteiger partial charge in [0.25, 0.3) is 0 Å². The molecule has 0 spiro atoms. The van der Waals surface area contributed by atoms with Crippen LogP contribution in [0.1, 0.15) is 6.42 Å². The highest BCUT2D eigenvalue weighted by Crippen LogP contribution is 2.35. The third-order valence-electron chi connectivity index (χ3n) is 3.36. The number of nitrogens with two attached hydrogens (primary N) is 1. The molecule has 1 fully saturated rings. The van der Waals surface area contributed by atoms with Crippen molar-refractivity contribution in [2.75, 3.05) is 26.6 Å². The van der Waals surface area contributed by atoms with E-state index in [4.69, 9.17) is 24.7 Å². The van der Waals surface area contributed by atoms with E-state index in [9.17, 15) is 0 Å². The molecule has 2 aliphatic rings. The van der Waals surface area contributed by atoms with Gasteiger partial charge in [-0.2, -0.15) is 0 Å². The Labute approximate surface area is 106 Å². The summed E-state index contributed by atoms with van der Waals surface area (Å²) >= 11 is 0. The topological polar surface area (TPSA) is 62.9 Å². The fourth-order valence-electron chi connectivity index (χ4n) is 2.19. The quantitative estimate of drug-likeness (QED) is 0.870. The minimum atomic E-state index is 0.0120. The first-order valence-corrected chi connectivity index (χ1v) is 6.19. The fourth-order valence-corrected chi connectivity index (χ4v) is 2.19. The van der Waals surface area contributed by atoms with Crippen LogP contribution in [-0.4, -0.2) is 32.7 Å². The molecule has 0 aromatic heterocycles. The van der Waals surface area contributed by atoms with E-state index in [0.29, 0.717) is 12.5 Å². The summed E-state index contributed by atoms with van der Waals surface area (Å²) in [5.74, 6) is 2.65. The van der Waals surface area contributed by atoms with Gasteiger partial charge in [-0.1, -0.05) is 0 Å². The first kappa shape index (κ1) is 11.6. The van der Waals surface area contributed by atoms with Gasteiger partial charge in [0.2, 0.25) is 6.79 Å². The molecule has 2 atom stereocenters. The van der Waals surface area contributed by atoms with Gasteiger partial charge in [0.05, 0.1) is 6.61 Å². The highest BCUT2D eigenvalue weighted by Gasteiger charge is 2.23. The summed E-state index contributed by atoms with van der Waals surface area (Å²) in [6, 6.07) is 5.56. The standard InChI is InChI=1S/C13H17NO4/c14-11(9-3-4-15-6-9)7-16-10-1-2-12-13(5-10)18-8-17-12/h1-2,5,9,11H,3-4,6-8,14H2. The molecule has 2 unspecified atom stereocenters. The lowest BCUT2D eigenvalue weighted by atomic mass is 10.0. The summed E-state index contributed by atoms with van der Waals surface area (Å²) in [7, 11) is 0. The van der Waals surface area contributed by atoms with Crippen molar-refractivity contribution in [3.63, 3.8) is 0 Å². The predicted octanol–water partition coefficient (Wildman–Crippen LogP) is 1.16. The van der Waals surface area contributed by atoms with Gasteiger partial charge in [0, 0.05) is 24.6 Å². The Bertz CT molecular complexity index is 417. The van der Waals surface area contributed by atoms with E-state index < -0.39 is 0 Å². The lowest BCUT2D eigenvalue weighted by Crippen LogP contribution is -2.36. The maximum Gasteiger partial charge on any atom is 0.231 e. The van der Waals surface area contributed by atoms with Gasteiger partial charge in [-0.25, -0.2) is 0 Å². The minimum Gasteiger partial charge on any atom is -0.492 e. The molecule has 0 amide bonds. The van der Waals surface area contributed by atoms with Crippen molar-refractivity contribution in [1.82, 2.24) is 0 Å². The van der Waals surface area contributed by atoms with E-state index in [-0.39, 0.29) is 12.8 Å². The Morgan fingerprint density at radius 2 is 2.22 bits per heavy atom. The molecule has 18 heavy (non-hydrogen) atoms. The number of benzene rings is 1. The van der Waals surface area contributed by atoms with Crippen LogP contribution in [0.2, 0.25) is 0 Å². The largest absolute Gasteiger partial charge is 0.492 e. The Balaban J connectivity index is 1.56. The fraction of sp³-hybridized carbons (Fsp3) is 0.538. The molecule has 1 aromatic carbocycles. The second-order valence-corrected chi connectivity index (χ2v) is 4.61. The van der Waals surface area contributed by atoms with E-state index in [1.54, 1.807) is 0 Å². The molecular weight excluding hydrogens is 234 g/mol. The molecule has 98 valence electrons. The Morgan fingerprint density at radius 3 is 3.06 bits per heavy atom. The van der Waals surface area contributed by atoms with Crippen LogP contribution in [0, 0.1) is 5.92 Å². The number of hydrogen-bond donors (Lipinski definition) is 1. The van der Waals surface area contributed by atoms with Crippen molar-refractivity contribution >= 4 is 0 Å². The molecular formula is C13H17NO4. The molecule has 0 saturated carbocycles. The van der Waals surface area contributed by atoms with Crippen LogP contribution in [-0.2, 0) is 4.74 Å². The van der Waals surface area contributed by atoms with Crippen molar-refractivity contribution < 1.29 is 18.9 Å². The lowest BCUT2D eigenvalue weighted by molar-refractivity contribution is 0.169. The van der Waals surface area contributed by atoms with Gasteiger partial charge in [-0.05, 0) is 18.6 Å². The van der Waals surface area contributed by atoms with Crippen LogP contribution in [0.4, 0.5) is 0 Å². The Kier molecular flexibility index (Phi) is 3.25. The van der Waals surface area contributed by atoms with Crippen molar-refractivity contribution in [3.8, 4) is 17.2 Å². The van der Waals surface area contributed by atoms with E-state index in [1.165, 1.54) is 0 Å². The zero-order valence-electron chi connectivity index (χ0n) is 10.1. The molecule has 5 nitrogen and oxygen atoms in total. The molecule has 2 aliphatic heterocycles. The molecule has 1 saturated heterocycles. The first-order valence-electron chi connectivity index (χ1n) is 6.19. The summed E-state index contributed by atoms with van der Waals surface area (Å²) in [4.78, 5) is 0. The normalized spacial score (nSPS) is 23.1. The maximum atomic E-state index is 6.08. The SMILES string of the molecule is NC(COc1ccc2c(c1)OCO2)C1CCOC1. The Hall–Kier alpha value is -1.46. The summed E-state index contributed by atoms with van der Waals surface area (Å²) < 4.78 is 21.5. The summed E-state index contributed by atoms with van der Waals surface area (Å²) in [5, 5.41) is 0. The van der Waals surface area contributed by atoms with Crippen molar-refractivity contribution in [3.05, 3.63) is 18.2 Å². The molecule has 0 bridgehead atoms. The number of rotatable bonds is 4. The zero-order chi connectivity index (χ0) is 12.4. The Morgan fingerprint density at radius 1 is 1.33 bits per heavy atom. The second-order valence-electron chi connectivity index (χ2n) is 4.61. The average Bonchev–Trinajstić information content (AvgIpc) is 3.05. The highest BCUT2D eigenvalue weighted by atomic mass is 16.7. The van der Waals surface area contributed by atoms with Crippen molar-refractivity contribution in [2.24, 2.45) is 11.7 Å². The first-order chi connectivity index (χ1) is 8.83. The number of hydrogen-bond acceptors (Lipinski definition) is 5. The monoisotopic (exact) mass is 251 g/mol. The van der Waals surface area contributed by atoms with Crippen LogP contribution in [0.5, 0.6) is 17.2 Å². The van der Waals surface area contributed by atoms with E-state index in [0.717, 1.165) is 36.9 Å². The van der Waals surface area contributed by atoms with Crippen LogP contribution in [0.3, 0.4) is 0 Å². The van der Waals surface area contributed by atoms with E-state index in [1.807, 2.05) is 18.2 Å². The number of fused-ring (bicyclic) bond motifs is 1.